The number of aldehydes is 1. The Balaban J connectivity index is 0.00000134. The van der Waals surface area contributed by atoms with Crippen LogP contribution in [0.2, 0.25) is 0 Å². The number of carbonyl (C=O) groups is 5. The number of benzene rings is 2. The maximum atomic E-state index is 14.8. The summed E-state index contributed by atoms with van der Waals surface area (Å²) in [6.07, 6.45) is 15.2. The Hall–Kier alpha value is -5.41. The highest BCUT2D eigenvalue weighted by molar-refractivity contribution is 6.05. The number of amides is 4. The second-order valence-electron chi connectivity index (χ2n) is 17.4. The molecule has 61 heavy (non-hydrogen) atoms. The van der Waals surface area contributed by atoms with Gasteiger partial charge in [-0.05, 0) is 145 Å². The second-order valence-corrected chi connectivity index (χ2v) is 17.4. The van der Waals surface area contributed by atoms with Gasteiger partial charge < -0.3 is 35.6 Å². The minimum atomic E-state index is -0.718. The van der Waals surface area contributed by atoms with Crippen LogP contribution < -0.4 is 21.3 Å². The van der Waals surface area contributed by atoms with E-state index in [0.717, 1.165) is 99.7 Å². The number of allylic oxidation sites excluding steroid dienone is 1. The van der Waals surface area contributed by atoms with Crippen LogP contribution in [-0.4, -0.2) is 121 Å². The van der Waals surface area contributed by atoms with E-state index in [1.807, 2.05) is 50.5 Å². The lowest BCUT2D eigenvalue weighted by molar-refractivity contribution is -0.137. The quantitative estimate of drug-likeness (QED) is 0.125. The summed E-state index contributed by atoms with van der Waals surface area (Å²) in [7, 11) is 6.00. The highest BCUT2D eigenvalue weighted by atomic mass is 19.1. The smallest absolute Gasteiger partial charge is 0.255 e. The molecule has 5 aliphatic heterocycles. The predicted octanol–water partition coefficient (Wildman–Crippen LogP) is 4.86. The minimum Gasteiger partial charge on any atom is -0.352 e. The number of unbranched alkanes of at least 4 members (excludes halogenated alkanes) is 3. The number of nitrogens with zero attached hydrogens (tertiary/aromatic N) is 5. The minimum absolute atomic E-state index is 0.104. The molecule has 14 nitrogen and oxygen atoms in total. The van der Waals surface area contributed by atoms with Crippen LogP contribution in [0.4, 0.5) is 10.1 Å². The number of guanidine groups is 1. The summed E-state index contributed by atoms with van der Waals surface area (Å²) in [5.41, 5.74) is 5.08. The Morgan fingerprint density at radius 3 is 2.39 bits per heavy atom. The first kappa shape index (κ1) is 43.7. The van der Waals surface area contributed by atoms with E-state index in [9.17, 15) is 28.4 Å². The Morgan fingerprint density at radius 1 is 0.967 bits per heavy atom. The zero-order valence-electron chi connectivity index (χ0n) is 35.7. The maximum absolute atomic E-state index is 14.8. The van der Waals surface area contributed by atoms with Gasteiger partial charge in [-0.3, -0.25) is 29.3 Å². The zero-order valence-corrected chi connectivity index (χ0v) is 35.7. The van der Waals surface area contributed by atoms with Crippen LogP contribution in [-0.2, 0) is 20.9 Å². The van der Waals surface area contributed by atoms with Gasteiger partial charge in [0.05, 0.1) is 5.70 Å². The van der Waals surface area contributed by atoms with Crippen molar-refractivity contribution < 1.29 is 28.4 Å². The average molecular weight is 838 g/mol. The summed E-state index contributed by atoms with van der Waals surface area (Å²) in [4.78, 5) is 75.0. The Morgan fingerprint density at radius 2 is 1.69 bits per heavy atom. The Kier molecular flexibility index (Phi) is 14.3. The van der Waals surface area contributed by atoms with Crippen molar-refractivity contribution in [2.45, 2.75) is 108 Å². The fraction of sp³-hybridized carbons (Fsp3) is 0.522. The number of likely N-dealkylation sites (tertiary alicyclic amines) is 1. The molecule has 2 aromatic carbocycles. The van der Waals surface area contributed by atoms with E-state index in [-0.39, 0.29) is 49.2 Å². The van der Waals surface area contributed by atoms with Crippen LogP contribution >= 0.6 is 0 Å². The van der Waals surface area contributed by atoms with Gasteiger partial charge in [-0.2, -0.15) is 0 Å². The van der Waals surface area contributed by atoms with Crippen molar-refractivity contribution in [3.05, 3.63) is 88.0 Å². The summed E-state index contributed by atoms with van der Waals surface area (Å²) >= 11 is 0. The molecule has 15 heteroatoms. The maximum Gasteiger partial charge on any atom is 0.255 e. The number of fused-ring (bicyclic) bond motifs is 2. The first-order valence-corrected chi connectivity index (χ1v) is 21.9. The highest BCUT2D eigenvalue weighted by Crippen LogP contribution is 2.39. The number of anilines is 1. The van der Waals surface area contributed by atoms with E-state index >= 15 is 0 Å². The van der Waals surface area contributed by atoms with Crippen LogP contribution in [0.5, 0.6) is 0 Å². The van der Waals surface area contributed by atoms with Crippen molar-refractivity contribution in [2.75, 3.05) is 52.6 Å². The number of piperidine rings is 2. The lowest BCUT2D eigenvalue weighted by Gasteiger charge is -2.33. The van der Waals surface area contributed by atoms with Gasteiger partial charge in [0.1, 0.15) is 11.9 Å². The zero-order chi connectivity index (χ0) is 43.0. The second kappa shape index (κ2) is 20.0. The van der Waals surface area contributed by atoms with Gasteiger partial charge in [0.25, 0.3) is 11.8 Å². The molecule has 4 N–H and O–H groups in total. The molecule has 326 valence electrons. The van der Waals surface area contributed by atoms with Gasteiger partial charge in [0.2, 0.25) is 17.8 Å². The average Bonchev–Trinajstić information content (AvgIpc) is 3.98. The summed E-state index contributed by atoms with van der Waals surface area (Å²) in [5, 5.41) is 11.9. The van der Waals surface area contributed by atoms with Gasteiger partial charge in [-0.25, -0.2) is 9.38 Å². The Bertz CT molecular complexity index is 2050. The molecule has 3 fully saturated rings. The third-order valence-electron chi connectivity index (χ3n) is 12.4. The number of hydrogen-bond acceptors (Lipinski definition) is 11. The van der Waals surface area contributed by atoms with Crippen LogP contribution in [0.1, 0.15) is 115 Å². The van der Waals surface area contributed by atoms with Gasteiger partial charge >= 0.3 is 0 Å². The molecule has 6 aliphatic rings. The molecule has 2 aromatic rings. The molecule has 0 spiro atoms. The lowest BCUT2D eigenvalue weighted by atomic mass is 9.85. The highest BCUT2D eigenvalue weighted by Gasteiger charge is 2.41. The van der Waals surface area contributed by atoms with Crippen molar-refractivity contribution in [3.63, 3.8) is 0 Å². The molecule has 2 unspecified atom stereocenters. The third kappa shape index (κ3) is 10.6. The van der Waals surface area contributed by atoms with Gasteiger partial charge in [-0.1, -0.05) is 25.7 Å². The molecule has 8 rings (SSSR count). The standard InChI is InChI=1S/C43H51FN8O5.C3H9N/c44-30-22-34(36-25-51(42(57)35(36)23-30)37-13-14-38(54)48-41(37)56)27-15-19-50(20-16-27)18-6-2-1-5-17-45-40(55)28-9-11-31(12-10-28)47-43-46-24-29-21-33(26-53)52(39(29)49-43)32-7-3-4-8-32;1-4(2)3/h9-12,21-24,26-27,32,37,39H,1-8,13-20,25H2,(H,45,55)(H2,46,47,49)(H,48,54,56);1-3H3. The molecule has 2 atom stereocenters. The summed E-state index contributed by atoms with van der Waals surface area (Å²) in [5.74, 6) is -0.940. The summed E-state index contributed by atoms with van der Waals surface area (Å²) in [6.45, 7) is 3.65. The van der Waals surface area contributed by atoms with Gasteiger partial charge in [0, 0.05) is 54.1 Å². The number of halogens is 1. The molecule has 2 saturated heterocycles. The van der Waals surface area contributed by atoms with E-state index < -0.39 is 17.8 Å². The van der Waals surface area contributed by atoms with Gasteiger partial charge in [0.15, 0.2) is 12.5 Å². The fourth-order valence-electron chi connectivity index (χ4n) is 9.39. The number of rotatable bonds is 13. The molecule has 4 amide bonds. The van der Waals surface area contributed by atoms with Gasteiger partial charge in [-0.15, -0.1) is 0 Å². The lowest BCUT2D eigenvalue weighted by Crippen LogP contribution is -2.52. The molecule has 5 heterocycles. The van der Waals surface area contributed by atoms with Crippen LogP contribution in [0.15, 0.2) is 64.9 Å². The van der Waals surface area contributed by atoms with Crippen LogP contribution in [0.25, 0.3) is 0 Å². The fourth-order valence-corrected chi connectivity index (χ4v) is 9.39. The largest absolute Gasteiger partial charge is 0.352 e. The molecule has 0 aromatic heterocycles. The van der Waals surface area contributed by atoms with Crippen molar-refractivity contribution in [1.82, 2.24) is 35.6 Å². The third-order valence-corrected chi connectivity index (χ3v) is 12.4. The number of hydrogen-bond donors (Lipinski definition) is 4. The van der Waals surface area contributed by atoms with Crippen molar-refractivity contribution in [3.8, 4) is 0 Å². The molecule has 1 saturated carbocycles. The molecule has 0 bridgehead atoms. The van der Waals surface area contributed by atoms with Crippen molar-refractivity contribution in [2.24, 2.45) is 4.99 Å². The molecular weight excluding hydrogens is 778 g/mol. The van der Waals surface area contributed by atoms with Crippen LogP contribution in [0, 0.1) is 5.82 Å². The van der Waals surface area contributed by atoms with Crippen molar-refractivity contribution >= 4 is 41.6 Å². The summed E-state index contributed by atoms with van der Waals surface area (Å²) < 4.78 is 14.8. The number of aliphatic imine (C=N–C) groups is 1. The van der Waals surface area contributed by atoms with E-state index in [0.29, 0.717) is 35.4 Å². The number of imide groups is 1. The Labute approximate surface area is 358 Å². The van der Waals surface area contributed by atoms with E-state index in [1.165, 1.54) is 23.8 Å². The first-order valence-electron chi connectivity index (χ1n) is 21.9. The van der Waals surface area contributed by atoms with E-state index in [1.54, 1.807) is 18.2 Å². The summed E-state index contributed by atoms with van der Waals surface area (Å²) in [6, 6.07) is 9.78. The van der Waals surface area contributed by atoms with Crippen molar-refractivity contribution in [1.29, 1.82) is 0 Å². The first-order chi connectivity index (χ1) is 29.5. The monoisotopic (exact) mass is 837 g/mol. The topological polar surface area (TPSA) is 159 Å². The van der Waals surface area contributed by atoms with E-state index in [4.69, 9.17) is 4.99 Å². The van der Waals surface area contributed by atoms with Crippen LogP contribution in [0.3, 0.4) is 0 Å². The normalized spacial score (nSPS) is 21.8. The van der Waals surface area contributed by atoms with E-state index in [2.05, 4.69) is 31.1 Å². The number of nitrogens with one attached hydrogen (secondary N) is 4. The molecular formula is C46H60FN9O5. The molecule has 1 aliphatic carbocycles. The SMILES string of the molecule is CN(C)C.O=CC1=CC2=CNC(Nc3ccc(C(=O)NCCCCCCN4CCC(c5cc(F)cc6c5CN(C5CCC(=O)NC5=O)C6=O)CC4)cc3)=NC2N1C1CCCC1. The predicted molar refractivity (Wildman–Crippen MR) is 232 cm³/mol. The molecule has 0 radical (unpaired) electrons. The number of carbonyl (C=O) groups excluding carboxylic acids is 5.